The highest BCUT2D eigenvalue weighted by Gasteiger charge is 2.31. The zero-order valence-electron chi connectivity index (χ0n) is 9.17. The topological polar surface area (TPSA) is 47.6 Å². The van der Waals surface area contributed by atoms with Gasteiger partial charge in [-0.3, -0.25) is 0 Å². The Morgan fingerprint density at radius 1 is 1.44 bits per heavy atom. The van der Waals surface area contributed by atoms with Crippen LogP contribution in [0.5, 0.6) is 0 Å². The SMILES string of the molecule is NC1=NC(Cc2cc(C(F)(F)F)ccc2Cl)CO1. The van der Waals surface area contributed by atoms with E-state index < -0.39 is 11.7 Å². The first-order valence-corrected chi connectivity index (χ1v) is 5.56. The summed E-state index contributed by atoms with van der Waals surface area (Å²) in [5.41, 5.74) is 4.99. The fourth-order valence-electron chi connectivity index (χ4n) is 1.70. The Balaban J connectivity index is 2.22. The van der Waals surface area contributed by atoms with E-state index in [1.807, 2.05) is 0 Å². The van der Waals surface area contributed by atoms with Gasteiger partial charge in [-0.05, 0) is 30.2 Å². The van der Waals surface area contributed by atoms with Crippen molar-refractivity contribution in [3.05, 3.63) is 34.3 Å². The third-order valence-electron chi connectivity index (χ3n) is 2.56. The van der Waals surface area contributed by atoms with Crippen LogP contribution in [0.2, 0.25) is 5.02 Å². The standard InChI is InChI=1S/C11H10ClF3N2O/c12-9-2-1-7(11(13,14)15)3-6(9)4-8-5-18-10(16)17-8/h1-3,8H,4-5H2,(H2,16,17). The molecule has 7 heteroatoms. The smallest absolute Gasteiger partial charge is 0.416 e. The lowest BCUT2D eigenvalue weighted by molar-refractivity contribution is -0.137. The first kappa shape index (κ1) is 13.0. The molecule has 0 bridgehead atoms. The van der Waals surface area contributed by atoms with Gasteiger partial charge in [0.1, 0.15) is 6.61 Å². The largest absolute Gasteiger partial charge is 0.463 e. The maximum atomic E-state index is 12.6. The van der Waals surface area contributed by atoms with E-state index in [0.717, 1.165) is 12.1 Å². The van der Waals surface area contributed by atoms with Gasteiger partial charge in [0.2, 0.25) is 0 Å². The maximum absolute atomic E-state index is 12.6. The lowest BCUT2D eigenvalue weighted by Crippen LogP contribution is -2.12. The van der Waals surface area contributed by atoms with Crippen molar-refractivity contribution in [3.63, 3.8) is 0 Å². The third-order valence-corrected chi connectivity index (χ3v) is 2.93. The highest BCUT2D eigenvalue weighted by Crippen LogP contribution is 2.32. The third kappa shape index (κ3) is 2.87. The molecule has 1 aromatic rings. The summed E-state index contributed by atoms with van der Waals surface area (Å²) < 4.78 is 42.6. The van der Waals surface area contributed by atoms with Crippen molar-refractivity contribution in [2.24, 2.45) is 10.7 Å². The Morgan fingerprint density at radius 2 is 2.17 bits per heavy atom. The van der Waals surface area contributed by atoms with Gasteiger partial charge in [0.15, 0.2) is 0 Å². The van der Waals surface area contributed by atoms with Crippen LogP contribution in [-0.2, 0) is 17.3 Å². The van der Waals surface area contributed by atoms with E-state index in [1.165, 1.54) is 6.07 Å². The van der Waals surface area contributed by atoms with Crippen LogP contribution >= 0.6 is 11.6 Å². The fraction of sp³-hybridized carbons (Fsp3) is 0.364. The van der Waals surface area contributed by atoms with E-state index in [2.05, 4.69) is 4.99 Å². The summed E-state index contributed by atoms with van der Waals surface area (Å²) in [5, 5.41) is 0.281. The average molecular weight is 279 g/mol. The van der Waals surface area contributed by atoms with E-state index in [9.17, 15) is 13.2 Å². The van der Waals surface area contributed by atoms with Crippen LogP contribution in [0.4, 0.5) is 13.2 Å². The molecule has 0 saturated heterocycles. The Labute approximate surface area is 106 Å². The molecular formula is C11H10ClF3N2O. The summed E-state index contributed by atoms with van der Waals surface area (Å²) in [7, 11) is 0. The molecule has 0 aliphatic carbocycles. The van der Waals surface area contributed by atoms with Crippen LogP contribution < -0.4 is 5.73 Å². The molecule has 1 aliphatic rings. The first-order chi connectivity index (χ1) is 8.36. The van der Waals surface area contributed by atoms with Crippen LogP contribution in [0.25, 0.3) is 0 Å². The van der Waals surface area contributed by atoms with Gasteiger partial charge in [-0.2, -0.15) is 13.2 Å². The molecule has 18 heavy (non-hydrogen) atoms. The number of ether oxygens (including phenoxy) is 1. The molecule has 0 spiro atoms. The molecule has 98 valence electrons. The number of amidine groups is 1. The molecule has 0 amide bonds. The normalized spacial score (nSPS) is 19.6. The lowest BCUT2D eigenvalue weighted by atomic mass is 10.0. The predicted molar refractivity (Wildman–Crippen MR) is 61.5 cm³/mol. The maximum Gasteiger partial charge on any atom is 0.416 e. The van der Waals surface area contributed by atoms with Gasteiger partial charge in [-0.15, -0.1) is 0 Å². The van der Waals surface area contributed by atoms with Crippen LogP contribution in [-0.4, -0.2) is 18.7 Å². The monoisotopic (exact) mass is 278 g/mol. The van der Waals surface area contributed by atoms with Crippen LogP contribution in [0.3, 0.4) is 0 Å². The van der Waals surface area contributed by atoms with Crippen molar-refractivity contribution in [1.82, 2.24) is 0 Å². The zero-order chi connectivity index (χ0) is 13.3. The summed E-state index contributed by atoms with van der Waals surface area (Å²) in [5.74, 6) is 0. The number of hydrogen-bond acceptors (Lipinski definition) is 3. The molecule has 1 heterocycles. The second kappa shape index (κ2) is 4.68. The minimum Gasteiger partial charge on any atom is -0.463 e. The molecule has 0 radical (unpaired) electrons. The van der Waals surface area contributed by atoms with E-state index in [4.69, 9.17) is 22.1 Å². The average Bonchev–Trinajstić information content (AvgIpc) is 2.66. The predicted octanol–water partition coefficient (Wildman–Crippen LogP) is 2.61. The van der Waals surface area contributed by atoms with Crippen molar-refractivity contribution in [1.29, 1.82) is 0 Å². The number of nitrogens with zero attached hydrogens (tertiary/aromatic N) is 1. The van der Waals surface area contributed by atoms with Crippen molar-refractivity contribution in [3.8, 4) is 0 Å². The first-order valence-electron chi connectivity index (χ1n) is 5.18. The van der Waals surface area contributed by atoms with Crippen molar-refractivity contribution < 1.29 is 17.9 Å². The van der Waals surface area contributed by atoms with E-state index in [-0.39, 0.29) is 30.1 Å². The molecule has 1 aliphatic heterocycles. The quantitative estimate of drug-likeness (QED) is 0.904. The van der Waals surface area contributed by atoms with Crippen LogP contribution in [0.15, 0.2) is 23.2 Å². The fourth-order valence-corrected chi connectivity index (χ4v) is 1.90. The molecule has 0 aromatic heterocycles. The summed E-state index contributed by atoms with van der Waals surface area (Å²) >= 11 is 5.87. The van der Waals surface area contributed by atoms with Gasteiger partial charge < -0.3 is 10.5 Å². The molecule has 1 unspecified atom stereocenters. The molecule has 0 fully saturated rings. The van der Waals surface area contributed by atoms with Crippen molar-refractivity contribution in [2.45, 2.75) is 18.6 Å². The Kier molecular flexibility index (Phi) is 3.38. The van der Waals surface area contributed by atoms with Crippen molar-refractivity contribution in [2.75, 3.05) is 6.61 Å². The molecule has 2 rings (SSSR count). The number of nitrogens with two attached hydrogens (primary N) is 1. The number of aliphatic imine (C=N–C) groups is 1. The Morgan fingerprint density at radius 3 is 2.72 bits per heavy atom. The van der Waals surface area contributed by atoms with E-state index in [0.29, 0.717) is 5.56 Å². The zero-order valence-corrected chi connectivity index (χ0v) is 9.92. The van der Waals surface area contributed by atoms with Gasteiger partial charge in [-0.1, -0.05) is 11.6 Å². The minimum atomic E-state index is -4.38. The molecule has 3 nitrogen and oxygen atoms in total. The highest BCUT2D eigenvalue weighted by molar-refractivity contribution is 6.31. The number of hydrogen-bond donors (Lipinski definition) is 1. The number of halogens is 4. The molecule has 2 N–H and O–H groups in total. The van der Waals surface area contributed by atoms with Crippen LogP contribution in [0.1, 0.15) is 11.1 Å². The lowest BCUT2D eigenvalue weighted by Gasteiger charge is -2.11. The van der Waals surface area contributed by atoms with Gasteiger partial charge >= 0.3 is 6.18 Å². The summed E-state index contributed by atoms with van der Waals surface area (Å²) in [6, 6.07) is 3.00. The summed E-state index contributed by atoms with van der Waals surface area (Å²) in [4.78, 5) is 3.95. The van der Waals surface area contributed by atoms with Gasteiger partial charge in [0.05, 0.1) is 11.6 Å². The second-order valence-corrected chi connectivity index (χ2v) is 4.35. The number of alkyl halides is 3. The number of benzene rings is 1. The summed E-state index contributed by atoms with van der Waals surface area (Å²) in [6.45, 7) is 0.262. The Hall–Kier alpha value is -1.43. The second-order valence-electron chi connectivity index (χ2n) is 3.94. The summed E-state index contributed by atoms with van der Waals surface area (Å²) in [6.07, 6.45) is -4.11. The molecular weight excluding hydrogens is 269 g/mol. The van der Waals surface area contributed by atoms with Crippen LogP contribution in [0, 0.1) is 0 Å². The van der Waals surface area contributed by atoms with E-state index in [1.54, 1.807) is 0 Å². The minimum absolute atomic E-state index is 0.0584. The molecule has 1 aromatic carbocycles. The molecule has 0 saturated carbocycles. The van der Waals surface area contributed by atoms with Gasteiger partial charge in [-0.25, -0.2) is 4.99 Å². The highest BCUT2D eigenvalue weighted by atomic mass is 35.5. The number of rotatable bonds is 2. The van der Waals surface area contributed by atoms with Crippen molar-refractivity contribution >= 4 is 17.6 Å². The molecule has 1 atom stereocenters. The Bertz CT molecular complexity index is 488. The van der Waals surface area contributed by atoms with E-state index >= 15 is 0 Å². The van der Waals surface area contributed by atoms with Gasteiger partial charge in [0.25, 0.3) is 6.02 Å². The van der Waals surface area contributed by atoms with Gasteiger partial charge in [0, 0.05) is 5.02 Å².